The lowest BCUT2D eigenvalue weighted by molar-refractivity contribution is 0.0942. The normalized spacial score (nSPS) is 10.3. The average Bonchev–Trinajstić information content (AvgIpc) is 2.35. The van der Waals surface area contributed by atoms with Crippen molar-refractivity contribution in [1.29, 1.82) is 0 Å². The molecule has 2 N–H and O–H groups in total. The van der Waals surface area contributed by atoms with E-state index >= 15 is 0 Å². The van der Waals surface area contributed by atoms with E-state index in [1.807, 2.05) is 0 Å². The Morgan fingerprint density at radius 3 is 2.45 bits per heavy atom. The highest BCUT2D eigenvalue weighted by atomic mass is 79.9. The lowest BCUT2D eigenvalue weighted by Crippen LogP contribution is -2.25. The lowest BCUT2D eigenvalue weighted by Gasteiger charge is -2.08. The monoisotopic (exact) mass is 341 g/mol. The number of hydrogen-bond acceptors (Lipinski definition) is 2. The van der Waals surface area contributed by atoms with E-state index in [2.05, 4.69) is 21.2 Å². The van der Waals surface area contributed by atoms with Gasteiger partial charge in [0.2, 0.25) is 0 Å². The molecule has 0 aliphatic heterocycles. The van der Waals surface area contributed by atoms with Crippen molar-refractivity contribution in [2.45, 2.75) is 6.54 Å². The molecule has 0 saturated carbocycles. The molecule has 6 heteroatoms. The van der Waals surface area contributed by atoms with Crippen molar-refractivity contribution in [2.75, 3.05) is 0 Å². The summed E-state index contributed by atoms with van der Waals surface area (Å²) in [6.45, 7) is 0.0577. The number of phenols is 1. The second kappa shape index (κ2) is 6.00. The first-order valence-corrected chi connectivity index (χ1v) is 6.47. The highest BCUT2D eigenvalue weighted by Crippen LogP contribution is 2.19. The number of hydrogen-bond donors (Lipinski definition) is 2. The minimum atomic E-state index is -0.940. The van der Waals surface area contributed by atoms with Crippen LogP contribution in [-0.4, -0.2) is 11.0 Å². The molecule has 2 aromatic rings. The fourth-order valence-corrected chi connectivity index (χ4v) is 2.10. The number of benzene rings is 2. The van der Waals surface area contributed by atoms with Crippen LogP contribution < -0.4 is 5.32 Å². The third kappa shape index (κ3) is 3.33. The number of phenolic OH excluding ortho intramolecular Hbond substituents is 1. The molecule has 0 atom stereocenters. The largest absolute Gasteiger partial charge is 0.508 e. The first-order chi connectivity index (χ1) is 9.47. The summed E-state index contributed by atoms with van der Waals surface area (Å²) in [4.78, 5) is 11.8. The number of nitrogens with one attached hydrogen (secondary N) is 1. The Bertz CT molecular complexity index is 638. The molecule has 1 amide bonds. The van der Waals surface area contributed by atoms with Gasteiger partial charge in [-0.2, -0.15) is 0 Å². The molecule has 0 aromatic heterocycles. The number of aromatic hydroxyl groups is 1. The molecule has 0 heterocycles. The van der Waals surface area contributed by atoms with E-state index in [1.165, 1.54) is 12.1 Å². The molecule has 0 aliphatic carbocycles. The number of halogens is 3. The molecule has 0 saturated heterocycles. The standard InChI is InChI=1S/C14H10BrF2NO2/c15-9-5-11(16)13(12(17)6-9)14(20)18-7-8-2-1-3-10(19)4-8/h1-6,19H,7H2,(H,18,20). The van der Waals surface area contributed by atoms with Crippen molar-refractivity contribution in [3.8, 4) is 5.75 Å². The molecular weight excluding hydrogens is 332 g/mol. The molecule has 0 aliphatic rings. The van der Waals surface area contributed by atoms with Gasteiger partial charge in [-0.05, 0) is 29.8 Å². The summed E-state index contributed by atoms with van der Waals surface area (Å²) in [6, 6.07) is 8.26. The maximum absolute atomic E-state index is 13.6. The second-order valence-corrected chi connectivity index (χ2v) is 5.01. The van der Waals surface area contributed by atoms with Gasteiger partial charge in [0.15, 0.2) is 0 Å². The van der Waals surface area contributed by atoms with Gasteiger partial charge in [-0.25, -0.2) is 8.78 Å². The van der Waals surface area contributed by atoms with Crippen LogP contribution in [0.3, 0.4) is 0 Å². The quantitative estimate of drug-likeness (QED) is 0.899. The molecule has 0 spiro atoms. The van der Waals surface area contributed by atoms with Crippen LogP contribution in [0.15, 0.2) is 40.9 Å². The molecule has 0 unspecified atom stereocenters. The summed E-state index contributed by atoms with van der Waals surface area (Å²) >= 11 is 2.94. The molecule has 104 valence electrons. The molecule has 3 nitrogen and oxygen atoms in total. The number of amides is 1. The molecule has 0 fully saturated rings. The lowest BCUT2D eigenvalue weighted by atomic mass is 10.1. The Kier molecular flexibility index (Phi) is 4.34. The van der Waals surface area contributed by atoms with Crippen LogP contribution in [0.25, 0.3) is 0 Å². The van der Waals surface area contributed by atoms with Gasteiger partial charge in [0, 0.05) is 11.0 Å². The molecule has 0 radical (unpaired) electrons. The van der Waals surface area contributed by atoms with Crippen molar-refractivity contribution in [2.24, 2.45) is 0 Å². The van der Waals surface area contributed by atoms with Gasteiger partial charge < -0.3 is 10.4 Å². The molecule has 20 heavy (non-hydrogen) atoms. The molecule has 0 bridgehead atoms. The van der Waals surface area contributed by atoms with Crippen LogP contribution in [-0.2, 0) is 6.54 Å². The van der Waals surface area contributed by atoms with Crippen molar-refractivity contribution in [3.05, 3.63) is 63.6 Å². The van der Waals surface area contributed by atoms with Gasteiger partial charge in [0.05, 0.1) is 0 Å². The Balaban J connectivity index is 2.13. The third-order valence-corrected chi connectivity index (χ3v) is 3.06. The van der Waals surface area contributed by atoms with Crippen LogP contribution in [0.2, 0.25) is 0 Å². The van der Waals surface area contributed by atoms with E-state index in [-0.39, 0.29) is 16.8 Å². The maximum Gasteiger partial charge on any atom is 0.257 e. The van der Waals surface area contributed by atoms with E-state index in [9.17, 15) is 18.7 Å². The Hall–Kier alpha value is -1.95. The first-order valence-electron chi connectivity index (χ1n) is 5.68. The van der Waals surface area contributed by atoms with Gasteiger partial charge >= 0.3 is 0 Å². The smallest absolute Gasteiger partial charge is 0.257 e. The van der Waals surface area contributed by atoms with E-state index in [4.69, 9.17) is 0 Å². The summed E-state index contributed by atoms with van der Waals surface area (Å²) in [6.07, 6.45) is 0. The van der Waals surface area contributed by atoms with E-state index in [0.717, 1.165) is 12.1 Å². The second-order valence-electron chi connectivity index (χ2n) is 4.10. The van der Waals surface area contributed by atoms with Crippen LogP contribution in [0.5, 0.6) is 5.75 Å². The first kappa shape index (κ1) is 14.5. The van der Waals surface area contributed by atoms with Gasteiger partial charge in [-0.15, -0.1) is 0 Å². The molecule has 2 aromatic carbocycles. The zero-order chi connectivity index (χ0) is 14.7. The number of rotatable bonds is 3. The predicted octanol–water partition coefficient (Wildman–Crippen LogP) is 3.36. The minimum Gasteiger partial charge on any atom is -0.508 e. The maximum atomic E-state index is 13.6. The van der Waals surface area contributed by atoms with E-state index in [1.54, 1.807) is 12.1 Å². The summed E-state index contributed by atoms with van der Waals surface area (Å²) in [5, 5.41) is 11.7. The highest BCUT2D eigenvalue weighted by molar-refractivity contribution is 9.10. The summed E-state index contributed by atoms with van der Waals surface area (Å²) in [5.74, 6) is -2.68. The van der Waals surface area contributed by atoms with Crippen molar-refractivity contribution < 1.29 is 18.7 Å². The summed E-state index contributed by atoms with van der Waals surface area (Å²) in [5.41, 5.74) is -0.00960. The van der Waals surface area contributed by atoms with E-state index in [0.29, 0.717) is 5.56 Å². The average molecular weight is 342 g/mol. The summed E-state index contributed by atoms with van der Waals surface area (Å²) < 4.78 is 27.4. The van der Waals surface area contributed by atoms with Gasteiger partial charge in [-0.3, -0.25) is 4.79 Å². The van der Waals surface area contributed by atoms with Crippen LogP contribution in [0.1, 0.15) is 15.9 Å². The van der Waals surface area contributed by atoms with Crippen LogP contribution >= 0.6 is 15.9 Å². The minimum absolute atomic E-state index is 0.0535. The third-order valence-electron chi connectivity index (χ3n) is 2.60. The Morgan fingerprint density at radius 1 is 1.20 bits per heavy atom. The summed E-state index contributed by atoms with van der Waals surface area (Å²) in [7, 11) is 0. The Morgan fingerprint density at radius 2 is 1.85 bits per heavy atom. The zero-order valence-electron chi connectivity index (χ0n) is 10.2. The van der Waals surface area contributed by atoms with Crippen LogP contribution in [0.4, 0.5) is 8.78 Å². The van der Waals surface area contributed by atoms with Gasteiger partial charge in [-0.1, -0.05) is 28.1 Å². The fourth-order valence-electron chi connectivity index (χ4n) is 1.70. The molecule has 2 rings (SSSR count). The van der Waals surface area contributed by atoms with Crippen molar-refractivity contribution >= 4 is 21.8 Å². The highest BCUT2D eigenvalue weighted by Gasteiger charge is 2.18. The Labute approximate surface area is 122 Å². The number of carbonyl (C=O) groups is 1. The molecular formula is C14H10BrF2NO2. The van der Waals surface area contributed by atoms with Gasteiger partial charge in [0.25, 0.3) is 5.91 Å². The topological polar surface area (TPSA) is 49.3 Å². The van der Waals surface area contributed by atoms with Crippen molar-refractivity contribution in [1.82, 2.24) is 5.32 Å². The van der Waals surface area contributed by atoms with E-state index < -0.39 is 23.1 Å². The number of carbonyl (C=O) groups excluding carboxylic acids is 1. The SMILES string of the molecule is O=C(NCc1cccc(O)c1)c1c(F)cc(Br)cc1F. The van der Waals surface area contributed by atoms with Crippen molar-refractivity contribution in [3.63, 3.8) is 0 Å². The van der Waals surface area contributed by atoms with Crippen LogP contribution in [0, 0.1) is 11.6 Å². The van der Waals surface area contributed by atoms with Gasteiger partial charge in [0.1, 0.15) is 22.9 Å². The predicted molar refractivity (Wildman–Crippen MR) is 73.3 cm³/mol. The zero-order valence-corrected chi connectivity index (χ0v) is 11.7. The fraction of sp³-hybridized carbons (Fsp3) is 0.0714.